The lowest BCUT2D eigenvalue weighted by Gasteiger charge is -2.20. The zero-order valence-corrected chi connectivity index (χ0v) is 35.7. The van der Waals surface area contributed by atoms with Gasteiger partial charge in [-0.3, -0.25) is 0 Å². The van der Waals surface area contributed by atoms with Gasteiger partial charge in [-0.05, 0) is 117 Å². The maximum absolute atomic E-state index is 10.6. The maximum atomic E-state index is 10.6. The van der Waals surface area contributed by atoms with Crippen LogP contribution in [0.1, 0.15) is 5.56 Å². The zero-order valence-electron chi connectivity index (χ0n) is 35.7. The number of hydrogen-bond donors (Lipinski definition) is 0. The monoisotopic (exact) mass is 838 g/mol. The molecule has 10 aromatic carbocycles. The van der Waals surface area contributed by atoms with Crippen LogP contribution in [0.4, 0.5) is 5.69 Å². The van der Waals surface area contributed by atoms with Gasteiger partial charge in [0.25, 0.3) is 0 Å². The highest BCUT2D eigenvalue weighted by Gasteiger charge is 2.23. The van der Waals surface area contributed by atoms with Gasteiger partial charge in [-0.15, -0.1) is 0 Å². The van der Waals surface area contributed by atoms with E-state index >= 15 is 0 Å². The molecule has 0 aliphatic rings. The van der Waals surface area contributed by atoms with Gasteiger partial charge in [0.1, 0.15) is 0 Å². The van der Waals surface area contributed by atoms with Crippen LogP contribution in [-0.4, -0.2) is 9.13 Å². The Hall–Kier alpha value is -9.22. The van der Waals surface area contributed by atoms with Crippen LogP contribution >= 0.6 is 0 Å². The number of nitriles is 1. The molecule has 2 heterocycles. The molecule has 0 spiro atoms. The van der Waals surface area contributed by atoms with Crippen LogP contribution in [0.25, 0.3) is 115 Å². The summed E-state index contributed by atoms with van der Waals surface area (Å²) in [7, 11) is 0. The summed E-state index contributed by atoms with van der Waals surface area (Å²) >= 11 is 0. The summed E-state index contributed by atoms with van der Waals surface area (Å²) < 4.78 is 4.70. The van der Waals surface area contributed by atoms with E-state index in [1.165, 1.54) is 0 Å². The average Bonchev–Trinajstić information content (AvgIpc) is 3.90. The molecule has 0 aliphatic heterocycles. The lowest BCUT2D eigenvalue weighted by molar-refractivity contribution is 1.16. The molecule has 0 amide bonds. The summed E-state index contributed by atoms with van der Waals surface area (Å²) in [5, 5.41) is 15.1. The molecular formula is C62H38N4. The molecular weight excluding hydrogens is 801 g/mol. The Bertz CT molecular complexity index is 3660. The minimum atomic E-state index is 0.514. The van der Waals surface area contributed by atoms with Crippen molar-refractivity contribution in [2.45, 2.75) is 0 Å². The highest BCUT2D eigenvalue weighted by molar-refractivity contribution is 6.14. The van der Waals surface area contributed by atoms with Gasteiger partial charge in [0.05, 0.1) is 51.6 Å². The summed E-state index contributed by atoms with van der Waals surface area (Å²) in [4.78, 5) is 3.99. The van der Waals surface area contributed by atoms with Crippen molar-refractivity contribution >= 4 is 49.3 Å². The molecule has 0 aliphatic carbocycles. The topological polar surface area (TPSA) is 38.0 Å². The summed E-state index contributed by atoms with van der Waals surface area (Å²) in [5.74, 6) is 0. The van der Waals surface area contributed by atoms with Crippen LogP contribution in [0.15, 0.2) is 231 Å². The van der Waals surface area contributed by atoms with E-state index < -0.39 is 0 Å². The van der Waals surface area contributed by atoms with Crippen molar-refractivity contribution in [2.75, 3.05) is 0 Å². The van der Waals surface area contributed by atoms with Crippen LogP contribution in [0, 0.1) is 17.9 Å². The van der Waals surface area contributed by atoms with Crippen molar-refractivity contribution in [3.05, 3.63) is 248 Å². The number of fused-ring (bicyclic) bond motifs is 6. The molecule has 4 heteroatoms. The van der Waals surface area contributed by atoms with E-state index in [-0.39, 0.29) is 0 Å². The number of aromatic nitrogens is 2. The lowest BCUT2D eigenvalue weighted by atomic mass is 9.97. The molecule has 2 aromatic heterocycles. The third-order valence-electron chi connectivity index (χ3n) is 13.0. The molecule has 66 heavy (non-hydrogen) atoms. The van der Waals surface area contributed by atoms with Gasteiger partial charge >= 0.3 is 0 Å². The Morgan fingerprint density at radius 1 is 0.333 bits per heavy atom. The van der Waals surface area contributed by atoms with Gasteiger partial charge in [0, 0.05) is 27.1 Å². The number of hydrogen-bond acceptors (Lipinski definition) is 1. The first-order valence-corrected chi connectivity index (χ1v) is 22.1. The Kier molecular flexibility index (Phi) is 9.23. The van der Waals surface area contributed by atoms with Gasteiger partial charge in [-0.25, -0.2) is 4.85 Å². The molecule has 0 fully saturated rings. The van der Waals surface area contributed by atoms with Crippen LogP contribution < -0.4 is 0 Å². The molecule has 0 atom stereocenters. The third kappa shape index (κ3) is 6.45. The fourth-order valence-corrected chi connectivity index (χ4v) is 9.82. The quantitative estimate of drug-likeness (QED) is 0.147. The molecule has 12 aromatic rings. The molecule has 0 saturated heterocycles. The van der Waals surface area contributed by atoms with Crippen LogP contribution in [-0.2, 0) is 0 Å². The van der Waals surface area contributed by atoms with Gasteiger partial charge in [-0.1, -0.05) is 164 Å². The second-order valence-electron chi connectivity index (χ2n) is 16.7. The van der Waals surface area contributed by atoms with Gasteiger partial charge in [0.2, 0.25) is 0 Å². The molecule has 0 radical (unpaired) electrons. The van der Waals surface area contributed by atoms with Crippen LogP contribution in [0.2, 0.25) is 0 Å². The SMILES string of the molecule is [C-]#[N+]c1ccc(-n2c3ccc(-c4ccccc4)cc3c3ccc(-c4ccccc4)cc32)c(-c2cc(C#N)ccc2-n2c3ccc(-c4ccccc4)cc3c3ccc(-c4ccccc4)cc32)c1. The Balaban J connectivity index is 1.16. The molecule has 306 valence electrons. The summed E-state index contributed by atoms with van der Waals surface area (Å²) in [6, 6.07) is 83.3. The first-order valence-electron chi connectivity index (χ1n) is 22.1. The summed E-state index contributed by atoms with van der Waals surface area (Å²) in [5.41, 5.74) is 17.8. The minimum absolute atomic E-state index is 0.514. The normalized spacial score (nSPS) is 11.3. The molecule has 12 rings (SSSR count). The van der Waals surface area contributed by atoms with Crippen molar-refractivity contribution in [3.63, 3.8) is 0 Å². The molecule has 0 saturated carbocycles. The summed E-state index contributed by atoms with van der Waals surface area (Å²) in [6.07, 6.45) is 0. The van der Waals surface area contributed by atoms with Gasteiger partial charge < -0.3 is 9.13 Å². The average molecular weight is 839 g/mol. The molecule has 0 N–H and O–H groups in total. The largest absolute Gasteiger partial charge is 0.309 e. The molecule has 0 unspecified atom stereocenters. The number of benzene rings is 10. The smallest absolute Gasteiger partial charge is 0.188 e. The Morgan fingerprint density at radius 2 is 0.727 bits per heavy atom. The Labute approximate surface area is 382 Å². The molecule has 0 bridgehead atoms. The first-order chi connectivity index (χ1) is 32.6. The maximum Gasteiger partial charge on any atom is 0.188 e. The van der Waals surface area contributed by atoms with E-state index in [4.69, 9.17) is 6.57 Å². The van der Waals surface area contributed by atoms with Crippen LogP contribution in [0.3, 0.4) is 0 Å². The van der Waals surface area contributed by atoms with Gasteiger partial charge in [0.15, 0.2) is 5.69 Å². The van der Waals surface area contributed by atoms with E-state index in [1.807, 2.05) is 48.5 Å². The fraction of sp³-hybridized carbons (Fsp3) is 0. The second-order valence-corrected chi connectivity index (χ2v) is 16.7. The van der Waals surface area contributed by atoms with E-state index in [2.05, 4.69) is 202 Å². The molecule has 4 nitrogen and oxygen atoms in total. The zero-order chi connectivity index (χ0) is 44.1. The number of rotatable bonds is 7. The lowest BCUT2D eigenvalue weighted by Crippen LogP contribution is -2.02. The Morgan fingerprint density at radius 3 is 1.15 bits per heavy atom. The van der Waals surface area contributed by atoms with E-state index in [1.54, 1.807) is 0 Å². The minimum Gasteiger partial charge on any atom is -0.309 e. The highest BCUT2D eigenvalue weighted by atomic mass is 15.0. The van der Waals surface area contributed by atoms with E-state index in [0.29, 0.717) is 11.3 Å². The van der Waals surface area contributed by atoms with Crippen molar-refractivity contribution in [1.29, 1.82) is 5.26 Å². The summed E-state index contributed by atoms with van der Waals surface area (Å²) in [6.45, 7) is 8.28. The van der Waals surface area contributed by atoms with Crippen molar-refractivity contribution in [3.8, 4) is 73.1 Å². The van der Waals surface area contributed by atoms with Crippen molar-refractivity contribution in [2.24, 2.45) is 0 Å². The van der Waals surface area contributed by atoms with Crippen molar-refractivity contribution in [1.82, 2.24) is 9.13 Å². The van der Waals surface area contributed by atoms with E-state index in [9.17, 15) is 5.26 Å². The number of nitrogens with zero attached hydrogens (tertiary/aromatic N) is 4. The first kappa shape index (κ1) is 38.5. The standard InChI is InChI=1S/C62H38N4/c1-64-50-27-33-60(66-59-32-26-47(43-16-8-3-9-17-43)36-55(59)52-29-24-49(38-62(52)66)45-20-12-5-13-21-45)56(39-50)53-34-41(40-63)22-30-57(53)65-58-31-25-46(42-14-6-2-7-15-42)35-54(58)51-28-23-48(37-61(51)65)44-18-10-4-11-19-44/h2-39H. The van der Waals surface area contributed by atoms with E-state index in [0.717, 1.165) is 111 Å². The predicted octanol–water partition coefficient (Wildman–Crippen LogP) is 16.6. The van der Waals surface area contributed by atoms with Crippen molar-refractivity contribution < 1.29 is 0 Å². The second kappa shape index (κ2) is 15.8. The predicted molar refractivity (Wildman–Crippen MR) is 273 cm³/mol. The van der Waals surface area contributed by atoms with Crippen LogP contribution in [0.5, 0.6) is 0 Å². The highest BCUT2D eigenvalue weighted by Crippen LogP contribution is 2.45. The van der Waals surface area contributed by atoms with Gasteiger partial charge in [-0.2, -0.15) is 5.26 Å². The third-order valence-corrected chi connectivity index (χ3v) is 13.0. The fourth-order valence-electron chi connectivity index (χ4n) is 9.82.